The topological polar surface area (TPSA) is 104 Å². The van der Waals surface area contributed by atoms with Gasteiger partial charge in [0.25, 0.3) is 5.89 Å². The van der Waals surface area contributed by atoms with E-state index in [0.29, 0.717) is 35.7 Å². The van der Waals surface area contributed by atoms with E-state index in [4.69, 9.17) is 4.52 Å². The normalized spacial score (nSPS) is 13.0. The predicted octanol–water partition coefficient (Wildman–Crippen LogP) is 3.98. The van der Waals surface area contributed by atoms with Crippen molar-refractivity contribution in [3.05, 3.63) is 47.5 Å². The maximum absolute atomic E-state index is 11.5. The monoisotopic (exact) mass is 373 g/mol. The van der Waals surface area contributed by atoms with Gasteiger partial charge < -0.3 is 15.2 Å². The lowest BCUT2D eigenvalue weighted by Crippen LogP contribution is -2.18. The fourth-order valence-corrected chi connectivity index (χ4v) is 3.19. The summed E-state index contributed by atoms with van der Waals surface area (Å²) in [4.78, 5) is 16.0. The van der Waals surface area contributed by atoms with E-state index in [-0.39, 0.29) is 11.9 Å². The van der Waals surface area contributed by atoms with Crippen LogP contribution < -0.4 is 10.6 Å². The lowest BCUT2D eigenvalue weighted by Gasteiger charge is -2.16. The maximum atomic E-state index is 11.5. The molecule has 1 amide bonds. The first-order valence-corrected chi connectivity index (χ1v) is 9.11. The number of anilines is 2. The summed E-state index contributed by atoms with van der Waals surface area (Å²) in [6, 6.07) is 13.6. The molecule has 0 unspecified atom stereocenters. The van der Waals surface area contributed by atoms with E-state index in [1.807, 2.05) is 44.2 Å². The molecule has 0 aliphatic carbocycles. The van der Waals surface area contributed by atoms with Crippen LogP contribution in [0.1, 0.15) is 31.4 Å². The van der Waals surface area contributed by atoms with Gasteiger partial charge in [0.15, 0.2) is 0 Å². The molecule has 2 aromatic carbocycles. The molecule has 7 nitrogen and oxygen atoms in total. The summed E-state index contributed by atoms with van der Waals surface area (Å²) in [5.41, 5.74) is 4.70. The number of carbonyl (C=O) groups is 1. The first-order chi connectivity index (χ1) is 13.5. The summed E-state index contributed by atoms with van der Waals surface area (Å²) in [6.45, 7) is 4.03. The van der Waals surface area contributed by atoms with Crippen LogP contribution in [0.15, 0.2) is 40.9 Å². The lowest BCUT2D eigenvalue weighted by atomic mass is 10.0. The van der Waals surface area contributed by atoms with Gasteiger partial charge in [-0.25, -0.2) is 0 Å². The number of carbonyl (C=O) groups excluding carboxylic acids is 1. The Morgan fingerprint density at radius 2 is 2.00 bits per heavy atom. The largest absolute Gasteiger partial charge is 0.382 e. The second-order valence-corrected chi connectivity index (χ2v) is 7.01. The molecule has 7 heteroatoms. The number of nitriles is 1. The SMILES string of the molecule is CC(C)Nc1ccc(-c2nc(-c3ccc4c(c3)CCC(=O)N4)no2)cc1C#N. The summed E-state index contributed by atoms with van der Waals surface area (Å²) < 4.78 is 5.43. The summed E-state index contributed by atoms with van der Waals surface area (Å²) in [5.74, 6) is 0.858. The van der Waals surface area contributed by atoms with Gasteiger partial charge in [-0.1, -0.05) is 5.16 Å². The van der Waals surface area contributed by atoms with Crippen molar-refractivity contribution in [2.45, 2.75) is 32.7 Å². The highest BCUT2D eigenvalue weighted by atomic mass is 16.5. The van der Waals surface area contributed by atoms with Crippen LogP contribution in [0, 0.1) is 11.3 Å². The highest BCUT2D eigenvalue weighted by molar-refractivity contribution is 5.94. The van der Waals surface area contributed by atoms with Crippen molar-refractivity contribution in [1.82, 2.24) is 10.1 Å². The Bertz CT molecular complexity index is 1090. The number of rotatable bonds is 4. The Labute approximate surface area is 162 Å². The molecule has 3 aromatic rings. The highest BCUT2D eigenvalue weighted by Crippen LogP contribution is 2.30. The molecular weight excluding hydrogens is 354 g/mol. The van der Waals surface area contributed by atoms with Gasteiger partial charge in [-0.2, -0.15) is 10.2 Å². The fraction of sp³-hybridized carbons (Fsp3) is 0.238. The van der Waals surface area contributed by atoms with Crippen molar-refractivity contribution in [2.75, 3.05) is 10.6 Å². The van der Waals surface area contributed by atoms with Crippen LogP contribution in [0.2, 0.25) is 0 Å². The van der Waals surface area contributed by atoms with E-state index in [0.717, 1.165) is 22.5 Å². The molecular formula is C21H19N5O2. The molecule has 0 radical (unpaired) electrons. The van der Waals surface area contributed by atoms with E-state index >= 15 is 0 Å². The third-order valence-corrected chi connectivity index (χ3v) is 4.52. The fourth-order valence-electron chi connectivity index (χ4n) is 3.19. The number of fused-ring (bicyclic) bond motifs is 1. The summed E-state index contributed by atoms with van der Waals surface area (Å²) >= 11 is 0. The Kier molecular flexibility index (Phi) is 4.53. The first kappa shape index (κ1) is 17.7. The Balaban J connectivity index is 1.63. The Morgan fingerprint density at radius 3 is 2.79 bits per heavy atom. The summed E-state index contributed by atoms with van der Waals surface area (Å²) in [7, 11) is 0. The quantitative estimate of drug-likeness (QED) is 0.717. The molecule has 0 saturated carbocycles. The van der Waals surface area contributed by atoms with Crippen LogP contribution in [0.25, 0.3) is 22.8 Å². The van der Waals surface area contributed by atoms with E-state index in [1.54, 1.807) is 6.07 Å². The summed E-state index contributed by atoms with van der Waals surface area (Å²) in [6.07, 6.45) is 1.16. The second-order valence-electron chi connectivity index (χ2n) is 7.01. The first-order valence-electron chi connectivity index (χ1n) is 9.11. The number of aromatic nitrogens is 2. The van der Waals surface area contributed by atoms with Gasteiger partial charge in [-0.15, -0.1) is 0 Å². The predicted molar refractivity (Wildman–Crippen MR) is 106 cm³/mol. The van der Waals surface area contributed by atoms with Crippen molar-refractivity contribution in [3.63, 3.8) is 0 Å². The van der Waals surface area contributed by atoms with E-state index in [9.17, 15) is 10.1 Å². The third kappa shape index (κ3) is 3.45. The molecule has 1 aliphatic rings. The van der Waals surface area contributed by atoms with Gasteiger partial charge in [0, 0.05) is 29.3 Å². The molecule has 0 spiro atoms. The van der Waals surface area contributed by atoms with E-state index in [1.165, 1.54) is 0 Å². The van der Waals surface area contributed by atoms with Gasteiger partial charge in [0.2, 0.25) is 11.7 Å². The molecule has 1 aliphatic heterocycles. The number of amides is 1. The van der Waals surface area contributed by atoms with Crippen LogP contribution in [-0.4, -0.2) is 22.1 Å². The molecule has 0 saturated heterocycles. The Hall–Kier alpha value is -3.66. The standard InChI is InChI=1S/C21H19N5O2/c1-12(2)23-18-7-4-15(10-16(18)11-22)21-25-20(26-28-21)14-3-6-17-13(9-14)5-8-19(27)24-17/h3-4,6-7,9-10,12,23H,5,8H2,1-2H3,(H,24,27). The zero-order valence-electron chi connectivity index (χ0n) is 15.6. The number of hydrogen-bond acceptors (Lipinski definition) is 6. The average Bonchev–Trinajstić information content (AvgIpc) is 3.17. The van der Waals surface area contributed by atoms with Crippen LogP contribution >= 0.6 is 0 Å². The van der Waals surface area contributed by atoms with Gasteiger partial charge in [-0.3, -0.25) is 4.79 Å². The van der Waals surface area contributed by atoms with Gasteiger partial charge >= 0.3 is 0 Å². The lowest BCUT2D eigenvalue weighted by molar-refractivity contribution is -0.116. The Morgan fingerprint density at radius 1 is 1.18 bits per heavy atom. The summed E-state index contributed by atoms with van der Waals surface area (Å²) in [5, 5.41) is 19.6. The van der Waals surface area contributed by atoms with Crippen molar-refractivity contribution in [2.24, 2.45) is 0 Å². The zero-order chi connectivity index (χ0) is 19.7. The molecule has 2 heterocycles. The van der Waals surface area contributed by atoms with Gasteiger partial charge in [0.05, 0.1) is 11.3 Å². The molecule has 4 rings (SSSR count). The van der Waals surface area contributed by atoms with Gasteiger partial charge in [0.1, 0.15) is 6.07 Å². The van der Waals surface area contributed by atoms with Crippen LogP contribution in [0.3, 0.4) is 0 Å². The molecule has 1 aromatic heterocycles. The van der Waals surface area contributed by atoms with Crippen LogP contribution in [0.5, 0.6) is 0 Å². The van der Waals surface area contributed by atoms with Crippen molar-refractivity contribution in [3.8, 4) is 28.9 Å². The number of nitrogens with one attached hydrogen (secondary N) is 2. The van der Waals surface area contributed by atoms with Crippen LogP contribution in [0.4, 0.5) is 11.4 Å². The van der Waals surface area contributed by atoms with E-state index in [2.05, 4.69) is 26.8 Å². The third-order valence-electron chi connectivity index (χ3n) is 4.52. The number of nitrogens with zero attached hydrogens (tertiary/aromatic N) is 3. The van der Waals surface area contributed by atoms with Gasteiger partial charge in [-0.05, 0) is 62.2 Å². The minimum atomic E-state index is 0.0331. The molecule has 2 N–H and O–H groups in total. The molecule has 0 bridgehead atoms. The van der Waals surface area contributed by atoms with Crippen molar-refractivity contribution < 1.29 is 9.32 Å². The smallest absolute Gasteiger partial charge is 0.258 e. The number of benzene rings is 2. The molecule has 0 atom stereocenters. The zero-order valence-corrected chi connectivity index (χ0v) is 15.6. The number of hydrogen-bond donors (Lipinski definition) is 2. The average molecular weight is 373 g/mol. The van der Waals surface area contributed by atoms with Crippen molar-refractivity contribution in [1.29, 1.82) is 5.26 Å². The van der Waals surface area contributed by atoms with E-state index < -0.39 is 0 Å². The minimum Gasteiger partial charge on any atom is -0.382 e. The minimum absolute atomic E-state index is 0.0331. The molecule has 0 fully saturated rings. The number of aryl methyl sites for hydroxylation is 1. The molecule has 28 heavy (non-hydrogen) atoms. The van der Waals surface area contributed by atoms with Crippen LogP contribution in [-0.2, 0) is 11.2 Å². The molecule has 140 valence electrons. The second kappa shape index (κ2) is 7.16. The maximum Gasteiger partial charge on any atom is 0.258 e. The van der Waals surface area contributed by atoms with Crippen molar-refractivity contribution >= 4 is 17.3 Å². The highest BCUT2D eigenvalue weighted by Gasteiger charge is 2.18.